The van der Waals surface area contributed by atoms with Crippen LogP contribution in [-0.4, -0.2) is 51.5 Å². The van der Waals surface area contributed by atoms with Gasteiger partial charge in [0.2, 0.25) is 5.95 Å². The van der Waals surface area contributed by atoms with E-state index in [-0.39, 0.29) is 5.91 Å². The standard InChI is InChI=1S/C14H16BrN5O/c1-18-3-2-17-14(18)20-6-4-19(5-7-20)13(21)11-8-12(15)10-16-9-11/h2-3,8-10H,4-7H2,1H3. The van der Waals surface area contributed by atoms with Gasteiger partial charge >= 0.3 is 0 Å². The van der Waals surface area contributed by atoms with E-state index < -0.39 is 0 Å². The van der Waals surface area contributed by atoms with Gasteiger partial charge in [-0.1, -0.05) is 0 Å². The number of aromatic nitrogens is 3. The summed E-state index contributed by atoms with van der Waals surface area (Å²) in [5, 5.41) is 0. The highest BCUT2D eigenvalue weighted by Crippen LogP contribution is 2.16. The molecule has 1 saturated heterocycles. The molecule has 3 heterocycles. The molecule has 0 radical (unpaired) electrons. The lowest BCUT2D eigenvalue weighted by molar-refractivity contribution is 0.0745. The van der Waals surface area contributed by atoms with Crippen LogP contribution in [0.15, 0.2) is 35.3 Å². The van der Waals surface area contributed by atoms with E-state index in [9.17, 15) is 4.79 Å². The Balaban J connectivity index is 1.66. The van der Waals surface area contributed by atoms with Crippen molar-refractivity contribution in [3.63, 3.8) is 0 Å². The minimum Gasteiger partial charge on any atom is -0.339 e. The second kappa shape index (κ2) is 5.85. The SMILES string of the molecule is Cn1ccnc1N1CCN(C(=O)c2cncc(Br)c2)CC1. The molecule has 2 aromatic rings. The Labute approximate surface area is 131 Å². The van der Waals surface area contributed by atoms with Gasteiger partial charge in [0.25, 0.3) is 5.91 Å². The number of nitrogens with zero attached hydrogens (tertiary/aromatic N) is 5. The smallest absolute Gasteiger partial charge is 0.255 e. The predicted molar refractivity (Wildman–Crippen MR) is 83.3 cm³/mol. The van der Waals surface area contributed by atoms with Crippen molar-refractivity contribution < 1.29 is 4.79 Å². The van der Waals surface area contributed by atoms with Crippen LogP contribution in [-0.2, 0) is 7.05 Å². The van der Waals surface area contributed by atoms with E-state index in [0.29, 0.717) is 18.7 Å². The molecule has 1 aliphatic heterocycles. The van der Waals surface area contributed by atoms with E-state index in [1.807, 2.05) is 22.7 Å². The summed E-state index contributed by atoms with van der Waals surface area (Å²) in [6.45, 7) is 2.96. The number of anilines is 1. The first-order valence-electron chi connectivity index (χ1n) is 6.77. The molecule has 0 aromatic carbocycles. The van der Waals surface area contributed by atoms with Crippen molar-refractivity contribution in [2.24, 2.45) is 7.05 Å². The minimum absolute atomic E-state index is 0.0308. The first kappa shape index (κ1) is 14.1. The van der Waals surface area contributed by atoms with E-state index in [2.05, 4.69) is 30.8 Å². The molecule has 0 unspecified atom stereocenters. The number of piperazine rings is 1. The average Bonchev–Trinajstić information content (AvgIpc) is 2.93. The first-order valence-corrected chi connectivity index (χ1v) is 7.56. The fraction of sp³-hybridized carbons (Fsp3) is 0.357. The molecule has 0 saturated carbocycles. The second-order valence-electron chi connectivity index (χ2n) is 5.01. The highest BCUT2D eigenvalue weighted by molar-refractivity contribution is 9.10. The van der Waals surface area contributed by atoms with Gasteiger partial charge in [0.05, 0.1) is 5.56 Å². The zero-order chi connectivity index (χ0) is 14.8. The quantitative estimate of drug-likeness (QED) is 0.825. The van der Waals surface area contributed by atoms with Gasteiger partial charge in [-0.05, 0) is 22.0 Å². The van der Waals surface area contributed by atoms with Gasteiger partial charge in [0.1, 0.15) is 0 Å². The molecule has 0 N–H and O–H groups in total. The Bertz CT molecular complexity index is 648. The van der Waals surface area contributed by atoms with Crippen LogP contribution in [0, 0.1) is 0 Å². The van der Waals surface area contributed by atoms with E-state index in [0.717, 1.165) is 23.5 Å². The molecular formula is C14H16BrN5O. The van der Waals surface area contributed by atoms with Crippen LogP contribution in [0.2, 0.25) is 0 Å². The number of carbonyl (C=O) groups is 1. The number of carbonyl (C=O) groups excluding carboxylic acids is 1. The number of rotatable bonds is 2. The highest BCUT2D eigenvalue weighted by Gasteiger charge is 2.24. The molecule has 1 aliphatic rings. The Kier molecular flexibility index (Phi) is 3.92. The maximum atomic E-state index is 12.4. The Hall–Kier alpha value is -1.89. The summed E-state index contributed by atoms with van der Waals surface area (Å²) in [4.78, 5) is 24.9. The van der Waals surface area contributed by atoms with Crippen molar-refractivity contribution in [1.82, 2.24) is 19.4 Å². The first-order chi connectivity index (χ1) is 10.1. The third-order valence-electron chi connectivity index (χ3n) is 3.60. The minimum atomic E-state index is 0.0308. The summed E-state index contributed by atoms with van der Waals surface area (Å²) in [5.41, 5.74) is 0.620. The summed E-state index contributed by atoms with van der Waals surface area (Å²) in [7, 11) is 1.98. The monoisotopic (exact) mass is 349 g/mol. The summed E-state index contributed by atoms with van der Waals surface area (Å²) < 4.78 is 2.82. The fourth-order valence-electron chi connectivity index (χ4n) is 2.48. The van der Waals surface area contributed by atoms with Crippen molar-refractivity contribution in [2.45, 2.75) is 0 Å². The lowest BCUT2D eigenvalue weighted by atomic mass is 10.2. The maximum Gasteiger partial charge on any atom is 0.255 e. The molecule has 1 fully saturated rings. The van der Waals surface area contributed by atoms with E-state index in [4.69, 9.17) is 0 Å². The molecule has 0 aliphatic carbocycles. The zero-order valence-electron chi connectivity index (χ0n) is 11.7. The number of aryl methyl sites for hydroxylation is 1. The maximum absolute atomic E-state index is 12.4. The normalized spacial score (nSPS) is 15.3. The molecule has 6 nitrogen and oxygen atoms in total. The lowest BCUT2D eigenvalue weighted by Gasteiger charge is -2.35. The van der Waals surface area contributed by atoms with Crippen LogP contribution < -0.4 is 4.90 Å². The predicted octanol–water partition coefficient (Wildman–Crippen LogP) is 1.54. The van der Waals surface area contributed by atoms with Crippen molar-refractivity contribution in [2.75, 3.05) is 31.1 Å². The van der Waals surface area contributed by atoms with E-state index >= 15 is 0 Å². The number of hydrogen-bond acceptors (Lipinski definition) is 4. The van der Waals surface area contributed by atoms with Crippen LogP contribution in [0.4, 0.5) is 5.95 Å². The molecule has 3 rings (SSSR count). The molecule has 110 valence electrons. The van der Waals surface area contributed by atoms with Crippen LogP contribution in [0.5, 0.6) is 0 Å². The molecule has 21 heavy (non-hydrogen) atoms. The summed E-state index contributed by atoms with van der Waals surface area (Å²) >= 11 is 3.35. The van der Waals surface area contributed by atoms with Crippen molar-refractivity contribution >= 4 is 27.8 Å². The molecule has 7 heteroatoms. The third-order valence-corrected chi connectivity index (χ3v) is 4.03. The van der Waals surface area contributed by atoms with Crippen molar-refractivity contribution in [1.29, 1.82) is 0 Å². The van der Waals surface area contributed by atoms with Gasteiger partial charge < -0.3 is 14.4 Å². The molecule has 0 atom stereocenters. The third kappa shape index (κ3) is 2.92. The van der Waals surface area contributed by atoms with Gasteiger partial charge in [-0.3, -0.25) is 9.78 Å². The molecule has 0 bridgehead atoms. The highest BCUT2D eigenvalue weighted by atomic mass is 79.9. The summed E-state index contributed by atoms with van der Waals surface area (Å²) in [6, 6.07) is 1.81. The van der Waals surface area contributed by atoms with Gasteiger partial charge in [0, 0.05) is 62.5 Å². The van der Waals surface area contributed by atoms with Crippen LogP contribution in [0.3, 0.4) is 0 Å². The summed E-state index contributed by atoms with van der Waals surface area (Å²) in [6.07, 6.45) is 7.01. The van der Waals surface area contributed by atoms with Gasteiger partial charge in [-0.15, -0.1) is 0 Å². The number of hydrogen-bond donors (Lipinski definition) is 0. The number of amides is 1. The van der Waals surface area contributed by atoms with Gasteiger partial charge in [-0.25, -0.2) is 4.98 Å². The molecule has 2 aromatic heterocycles. The summed E-state index contributed by atoms with van der Waals surface area (Å²) in [5.74, 6) is 0.981. The fourth-order valence-corrected chi connectivity index (χ4v) is 2.85. The zero-order valence-corrected chi connectivity index (χ0v) is 13.3. The molecular weight excluding hydrogens is 334 g/mol. The van der Waals surface area contributed by atoms with E-state index in [1.165, 1.54) is 0 Å². The second-order valence-corrected chi connectivity index (χ2v) is 5.92. The Morgan fingerprint density at radius 2 is 2.00 bits per heavy atom. The average molecular weight is 350 g/mol. The number of halogens is 1. The number of imidazole rings is 1. The van der Waals surface area contributed by atoms with Crippen molar-refractivity contribution in [3.8, 4) is 0 Å². The van der Waals surface area contributed by atoms with E-state index in [1.54, 1.807) is 24.7 Å². The van der Waals surface area contributed by atoms with Crippen LogP contribution >= 0.6 is 15.9 Å². The molecule has 0 spiro atoms. The largest absolute Gasteiger partial charge is 0.339 e. The van der Waals surface area contributed by atoms with Crippen LogP contribution in [0.1, 0.15) is 10.4 Å². The Morgan fingerprint density at radius 3 is 2.62 bits per heavy atom. The van der Waals surface area contributed by atoms with Crippen molar-refractivity contribution in [3.05, 3.63) is 40.9 Å². The topological polar surface area (TPSA) is 54.3 Å². The van der Waals surface area contributed by atoms with Gasteiger partial charge in [0.15, 0.2) is 0 Å². The Morgan fingerprint density at radius 1 is 1.24 bits per heavy atom. The lowest BCUT2D eigenvalue weighted by Crippen LogP contribution is -2.49. The number of pyridine rings is 1. The van der Waals surface area contributed by atoms with Crippen LogP contribution in [0.25, 0.3) is 0 Å². The molecule has 1 amide bonds. The van der Waals surface area contributed by atoms with Gasteiger partial charge in [-0.2, -0.15) is 0 Å².